The average molecular weight is 442 g/mol. The standard InChI is InChI=1S/C20H28FN3O3S2/c1-11(2)14-9-13(21)10-15(12(3)4)18(14)23-19(25)24-29(22,27)17-8-7-16(28-17)20(5,6)26/h7-12,26H,1-6H3,(H3,22,23,24,25,27). The van der Waals surface area contributed by atoms with E-state index in [0.29, 0.717) is 21.7 Å². The van der Waals surface area contributed by atoms with Gasteiger partial charge >= 0.3 is 6.03 Å². The van der Waals surface area contributed by atoms with E-state index in [-0.39, 0.29) is 21.9 Å². The molecule has 4 N–H and O–H groups in total. The van der Waals surface area contributed by atoms with Crippen molar-refractivity contribution in [2.45, 2.75) is 63.2 Å². The average Bonchev–Trinajstić information content (AvgIpc) is 3.06. The maximum absolute atomic E-state index is 14.0. The van der Waals surface area contributed by atoms with E-state index >= 15 is 0 Å². The minimum Gasteiger partial charge on any atom is -0.385 e. The molecule has 6 nitrogen and oxygen atoms in total. The molecule has 1 aromatic heterocycles. The highest BCUT2D eigenvalue weighted by molar-refractivity contribution is 7.93. The molecule has 1 unspecified atom stereocenters. The van der Waals surface area contributed by atoms with Gasteiger partial charge in [0.15, 0.2) is 9.92 Å². The van der Waals surface area contributed by atoms with Crippen LogP contribution in [0.5, 0.6) is 0 Å². The maximum Gasteiger partial charge on any atom is 0.354 e. The van der Waals surface area contributed by atoms with Crippen LogP contribution in [0.25, 0.3) is 0 Å². The number of nitrogens with zero attached hydrogens (tertiary/aromatic N) is 1. The maximum atomic E-state index is 14.0. The van der Waals surface area contributed by atoms with E-state index in [4.69, 9.17) is 5.14 Å². The Labute approximate surface area is 175 Å². The number of hydrogen-bond donors (Lipinski definition) is 3. The SMILES string of the molecule is CC(C)c1cc(F)cc(C(C)C)c1NC(=O)N=S(N)(=O)c1ccc(C(C)(C)O)s1. The molecular weight excluding hydrogens is 413 g/mol. The van der Waals surface area contributed by atoms with Gasteiger partial charge in [0.05, 0.1) is 5.60 Å². The zero-order valence-electron chi connectivity index (χ0n) is 17.4. The van der Waals surface area contributed by atoms with E-state index in [1.165, 1.54) is 18.2 Å². The first-order chi connectivity index (χ1) is 13.2. The van der Waals surface area contributed by atoms with Crippen molar-refractivity contribution in [2.24, 2.45) is 9.50 Å². The van der Waals surface area contributed by atoms with Gasteiger partial charge in [0, 0.05) is 10.6 Å². The molecular formula is C20H28FN3O3S2. The molecule has 1 atom stereocenters. The van der Waals surface area contributed by atoms with E-state index in [1.54, 1.807) is 19.9 Å². The van der Waals surface area contributed by atoms with Gasteiger partial charge < -0.3 is 10.4 Å². The van der Waals surface area contributed by atoms with Crippen molar-refractivity contribution in [1.82, 2.24) is 0 Å². The minimum absolute atomic E-state index is 0.0487. The van der Waals surface area contributed by atoms with Crippen molar-refractivity contribution in [2.75, 3.05) is 5.32 Å². The van der Waals surface area contributed by atoms with Crippen LogP contribution in [0, 0.1) is 5.82 Å². The monoisotopic (exact) mass is 441 g/mol. The summed E-state index contributed by atoms with van der Waals surface area (Å²) in [4.78, 5) is 13.1. The second kappa shape index (κ2) is 8.51. The van der Waals surface area contributed by atoms with Crippen LogP contribution in [0.1, 0.15) is 69.4 Å². The Morgan fingerprint density at radius 2 is 1.72 bits per heavy atom. The Bertz CT molecular complexity index is 1000. The van der Waals surface area contributed by atoms with Crippen molar-refractivity contribution >= 4 is 33.0 Å². The molecule has 0 saturated heterocycles. The Morgan fingerprint density at radius 1 is 1.21 bits per heavy atom. The lowest BCUT2D eigenvalue weighted by Crippen LogP contribution is -2.18. The molecule has 0 aliphatic carbocycles. The number of amides is 2. The van der Waals surface area contributed by atoms with Crippen molar-refractivity contribution in [3.05, 3.63) is 46.1 Å². The van der Waals surface area contributed by atoms with E-state index in [1.807, 2.05) is 27.7 Å². The molecule has 2 amide bonds. The number of nitrogens with one attached hydrogen (secondary N) is 1. The molecule has 1 heterocycles. The van der Waals surface area contributed by atoms with Crippen LogP contribution in [0.2, 0.25) is 0 Å². The minimum atomic E-state index is -3.50. The van der Waals surface area contributed by atoms with Crippen LogP contribution in [0.3, 0.4) is 0 Å². The molecule has 2 aromatic rings. The smallest absolute Gasteiger partial charge is 0.354 e. The third-order valence-electron chi connectivity index (χ3n) is 4.33. The fourth-order valence-corrected chi connectivity index (χ4v) is 5.05. The van der Waals surface area contributed by atoms with Gasteiger partial charge in [-0.3, -0.25) is 0 Å². The molecule has 0 aliphatic rings. The molecule has 0 saturated carbocycles. The zero-order valence-corrected chi connectivity index (χ0v) is 19.1. The second-order valence-corrected chi connectivity index (χ2v) is 11.1. The van der Waals surface area contributed by atoms with E-state index in [9.17, 15) is 18.5 Å². The lowest BCUT2D eigenvalue weighted by atomic mass is 9.92. The fraction of sp³-hybridized carbons (Fsp3) is 0.450. The van der Waals surface area contributed by atoms with Crippen molar-refractivity contribution < 1.29 is 18.5 Å². The lowest BCUT2D eigenvalue weighted by molar-refractivity contribution is 0.0825. The topological polar surface area (TPSA) is 105 Å². The van der Waals surface area contributed by atoms with E-state index in [2.05, 4.69) is 9.68 Å². The second-order valence-electron chi connectivity index (χ2n) is 8.04. The highest BCUT2D eigenvalue weighted by Gasteiger charge is 2.23. The van der Waals surface area contributed by atoms with Crippen LogP contribution < -0.4 is 10.5 Å². The quantitative estimate of drug-likeness (QED) is 0.587. The molecule has 0 fully saturated rings. The Morgan fingerprint density at radius 3 is 2.14 bits per heavy atom. The van der Waals surface area contributed by atoms with Crippen LogP contribution >= 0.6 is 11.3 Å². The first kappa shape index (κ1) is 23.5. The number of halogens is 1. The number of urea groups is 1. The van der Waals surface area contributed by atoms with Crippen molar-refractivity contribution in [3.63, 3.8) is 0 Å². The molecule has 0 aliphatic heterocycles. The first-order valence-corrected chi connectivity index (χ1v) is 11.6. The summed E-state index contributed by atoms with van der Waals surface area (Å²) in [6.07, 6.45) is 0. The number of nitrogens with two attached hydrogens (primary N) is 1. The largest absolute Gasteiger partial charge is 0.385 e. The molecule has 0 spiro atoms. The van der Waals surface area contributed by atoms with Gasteiger partial charge in [-0.1, -0.05) is 27.7 Å². The molecule has 0 bridgehead atoms. The van der Waals surface area contributed by atoms with Crippen molar-refractivity contribution in [1.29, 1.82) is 0 Å². The number of carbonyl (C=O) groups is 1. The molecule has 0 radical (unpaired) electrons. The highest BCUT2D eigenvalue weighted by atomic mass is 32.2. The van der Waals surface area contributed by atoms with Gasteiger partial charge in [-0.15, -0.1) is 15.7 Å². The van der Waals surface area contributed by atoms with Crippen molar-refractivity contribution in [3.8, 4) is 0 Å². The summed E-state index contributed by atoms with van der Waals surface area (Å²) in [6, 6.07) is 4.98. The van der Waals surface area contributed by atoms with Gasteiger partial charge in [-0.05, 0) is 61.1 Å². The Hall–Kier alpha value is -1.81. The lowest BCUT2D eigenvalue weighted by Gasteiger charge is -2.19. The summed E-state index contributed by atoms with van der Waals surface area (Å²) in [7, 11) is -3.50. The fourth-order valence-electron chi connectivity index (χ4n) is 2.81. The van der Waals surface area contributed by atoms with E-state index in [0.717, 1.165) is 11.3 Å². The number of anilines is 1. The molecule has 29 heavy (non-hydrogen) atoms. The van der Waals surface area contributed by atoms with Gasteiger partial charge in [-0.25, -0.2) is 18.5 Å². The molecule has 1 aromatic carbocycles. The molecule has 2 rings (SSSR count). The summed E-state index contributed by atoms with van der Waals surface area (Å²) in [5.74, 6) is -0.479. The predicted molar refractivity (Wildman–Crippen MR) is 116 cm³/mol. The van der Waals surface area contributed by atoms with Crippen LogP contribution in [0.4, 0.5) is 14.9 Å². The van der Waals surface area contributed by atoms with Crippen LogP contribution in [-0.4, -0.2) is 15.3 Å². The summed E-state index contributed by atoms with van der Waals surface area (Å²) in [5.41, 5.74) is 0.596. The summed E-state index contributed by atoms with van der Waals surface area (Å²) < 4.78 is 30.8. The van der Waals surface area contributed by atoms with Crippen LogP contribution in [0.15, 0.2) is 32.8 Å². The summed E-state index contributed by atoms with van der Waals surface area (Å²) in [5, 5.41) is 18.6. The number of benzene rings is 1. The number of thiophene rings is 1. The van der Waals surface area contributed by atoms with Gasteiger partial charge in [0.25, 0.3) is 0 Å². The Kier molecular flexibility index (Phi) is 6.89. The molecule has 160 valence electrons. The third-order valence-corrected chi connectivity index (χ3v) is 7.64. The zero-order chi connectivity index (χ0) is 22.1. The summed E-state index contributed by atoms with van der Waals surface area (Å²) in [6.45, 7) is 10.8. The number of aliphatic hydroxyl groups is 1. The number of rotatable bonds is 5. The van der Waals surface area contributed by atoms with E-state index < -0.39 is 21.5 Å². The number of hydrogen-bond acceptors (Lipinski definition) is 4. The number of carbonyl (C=O) groups excluding carboxylic acids is 1. The van der Waals surface area contributed by atoms with Gasteiger partial charge in [0.1, 0.15) is 10.0 Å². The highest BCUT2D eigenvalue weighted by Crippen LogP contribution is 2.34. The molecule has 9 heteroatoms. The first-order valence-electron chi connectivity index (χ1n) is 9.24. The summed E-state index contributed by atoms with van der Waals surface area (Å²) >= 11 is 1.04. The predicted octanol–water partition coefficient (Wildman–Crippen LogP) is 5.29. The normalized spacial score (nSPS) is 14.2. The Balaban J connectivity index is 2.44. The van der Waals surface area contributed by atoms with Crippen LogP contribution in [-0.2, 0) is 15.5 Å². The van der Waals surface area contributed by atoms with Gasteiger partial charge in [-0.2, -0.15) is 0 Å². The van der Waals surface area contributed by atoms with Gasteiger partial charge in [0.2, 0.25) is 0 Å². The third kappa shape index (κ3) is 5.63.